The first kappa shape index (κ1) is 21.2. The van der Waals surface area contributed by atoms with Crippen molar-refractivity contribution in [2.45, 2.75) is 50.7 Å². The van der Waals surface area contributed by atoms with Crippen molar-refractivity contribution < 1.29 is 9.59 Å². The highest BCUT2D eigenvalue weighted by Crippen LogP contribution is 2.34. The molecule has 5 nitrogen and oxygen atoms in total. The summed E-state index contributed by atoms with van der Waals surface area (Å²) < 4.78 is 0. The van der Waals surface area contributed by atoms with Crippen LogP contribution in [0.4, 0.5) is 0 Å². The molecule has 166 valence electrons. The molecule has 1 atom stereocenters. The van der Waals surface area contributed by atoms with Crippen LogP contribution < -0.4 is 5.32 Å². The van der Waals surface area contributed by atoms with Gasteiger partial charge in [-0.3, -0.25) is 14.5 Å². The molecule has 2 aromatic rings. The van der Waals surface area contributed by atoms with Gasteiger partial charge in [-0.2, -0.15) is 0 Å². The molecule has 0 aliphatic carbocycles. The Morgan fingerprint density at radius 2 is 1.88 bits per heavy atom. The van der Waals surface area contributed by atoms with Crippen molar-refractivity contribution in [1.29, 1.82) is 0 Å². The quantitative estimate of drug-likeness (QED) is 0.749. The molecule has 1 N–H and O–H groups in total. The predicted molar refractivity (Wildman–Crippen MR) is 125 cm³/mol. The number of amides is 2. The third-order valence-corrected chi connectivity index (χ3v) is 7.25. The fourth-order valence-electron chi connectivity index (χ4n) is 5.25. The maximum atomic E-state index is 13.0. The molecule has 32 heavy (non-hydrogen) atoms. The summed E-state index contributed by atoms with van der Waals surface area (Å²) >= 11 is 6.12. The third-order valence-electron chi connectivity index (χ3n) is 7.01. The summed E-state index contributed by atoms with van der Waals surface area (Å²) in [6, 6.07) is 14.0. The van der Waals surface area contributed by atoms with Crippen molar-refractivity contribution in [3.05, 3.63) is 82.0 Å². The molecule has 2 fully saturated rings. The van der Waals surface area contributed by atoms with E-state index in [4.69, 9.17) is 11.6 Å². The predicted octanol–water partition coefficient (Wildman–Crippen LogP) is 4.47. The van der Waals surface area contributed by atoms with Crippen LogP contribution in [0.15, 0.2) is 54.7 Å². The van der Waals surface area contributed by atoms with Crippen LogP contribution in [0.2, 0.25) is 5.02 Å². The minimum absolute atomic E-state index is 0.0319. The zero-order valence-electron chi connectivity index (χ0n) is 18.1. The lowest BCUT2D eigenvalue weighted by molar-refractivity contribution is -0.126. The molecule has 3 aliphatic rings. The van der Waals surface area contributed by atoms with Gasteiger partial charge in [0.15, 0.2) is 0 Å². The van der Waals surface area contributed by atoms with E-state index in [0.717, 1.165) is 60.7 Å². The van der Waals surface area contributed by atoms with Gasteiger partial charge in [0.2, 0.25) is 5.91 Å². The number of hydrogen-bond acceptors (Lipinski definition) is 3. The van der Waals surface area contributed by atoms with Gasteiger partial charge in [-0.15, -0.1) is 0 Å². The number of carbonyl (C=O) groups excluding carboxylic acids is 2. The van der Waals surface area contributed by atoms with Crippen LogP contribution in [0.3, 0.4) is 0 Å². The number of nitrogens with zero attached hydrogens (tertiary/aromatic N) is 2. The lowest BCUT2D eigenvalue weighted by Gasteiger charge is -2.32. The standard InChI is InChI=1S/C26H28ClN3O2/c1-17-5-8-24(25(31)28-17)30-16-21-14-20(6-7-23(21)26(30)32)19-9-11-29(12-10-19)15-18-3-2-4-22(27)13-18/h2-4,6-7,13-14,19,24H,1,5,8-12,15-16H2,(H,28,31). The van der Waals surface area contributed by atoms with E-state index in [0.29, 0.717) is 18.9 Å². The number of carbonyl (C=O) groups is 2. The first-order valence-electron chi connectivity index (χ1n) is 11.4. The molecule has 1 unspecified atom stereocenters. The highest BCUT2D eigenvalue weighted by molar-refractivity contribution is 6.30. The van der Waals surface area contributed by atoms with Crippen molar-refractivity contribution in [1.82, 2.24) is 15.1 Å². The van der Waals surface area contributed by atoms with E-state index in [9.17, 15) is 9.59 Å². The number of piperidine rings is 2. The smallest absolute Gasteiger partial charge is 0.255 e. The first-order valence-corrected chi connectivity index (χ1v) is 11.7. The summed E-state index contributed by atoms with van der Waals surface area (Å²) in [7, 11) is 0. The van der Waals surface area contributed by atoms with E-state index in [2.05, 4.69) is 35.0 Å². The molecule has 0 aromatic heterocycles. The fraction of sp³-hybridized carbons (Fsp3) is 0.385. The number of allylic oxidation sites excluding steroid dienone is 1. The molecule has 2 amide bonds. The molecule has 0 bridgehead atoms. The lowest BCUT2D eigenvalue weighted by atomic mass is 9.87. The van der Waals surface area contributed by atoms with E-state index in [1.807, 2.05) is 24.3 Å². The Morgan fingerprint density at radius 3 is 2.62 bits per heavy atom. The van der Waals surface area contributed by atoms with Crippen LogP contribution >= 0.6 is 11.6 Å². The van der Waals surface area contributed by atoms with Gasteiger partial charge >= 0.3 is 0 Å². The van der Waals surface area contributed by atoms with Gasteiger partial charge in [0.05, 0.1) is 0 Å². The second kappa shape index (κ2) is 8.72. The van der Waals surface area contributed by atoms with Gasteiger partial charge in [0.1, 0.15) is 6.04 Å². The third kappa shape index (κ3) is 4.19. The number of rotatable bonds is 4. The average Bonchev–Trinajstić information content (AvgIpc) is 3.10. The van der Waals surface area contributed by atoms with E-state index in [-0.39, 0.29) is 11.8 Å². The summed E-state index contributed by atoms with van der Waals surface area (Å²) in [6.45, 7) is 7.37. The maximum absolute atomic E-state index is 13.0. The minimum atomic E-state index is -0.404. The van der Waals surface area contributed by atoms with Crippen molar-refractivity contribution in [3.8, 4) is 0 Å². The number of benzene rings is 2. The zero-order chi connectivity index (χ0) is 22.2. The van der Waals surface area contributed by atoms with Crippen LogP contribution in [0, 0.1) is 0 Å². The molecule has 3 heterocycles. The van der Waals surface area contributed by atoms with Crippen LogP contribution in [-0.2, 0) is 17.9 Å². The van der Waals surface area contributed by atoms with Gasteiger partial charge in [-0.1, -0.05) is 42.4 Å². The van der Waals surface area contributed by atoms with Crippen LogP contribution in [0.1, 0.15) is 58.6 Å². The highest BCUT2D eigenvalue weighted by atomic mass is 35.5. The van der Waals surface area contributed by atoms with Gasteiger partial charge in [-0.25, -0.2) is 0 Å². The molecule has 6 heteroatoms. The van der Waals surface area contributed by atoms with Crippen LogP contribution in [0.5, 0.6) is 0 Å². The monoisotopic (exact) mass is 449 g/mol. The summed E-state index contributed by atoms with van der Waals surface area (Å²) in [6.07, 6.45) is 3.56. The summed E-state index contributed by atoms with van der Waals surface area (Å²) in [5, 5.41) is 3.59. The summed E-state index contributed by atoms with van der Waals surface area (Å²) in [5.74, 6) is 0.353. The van der Waals surface area contributed by atoms with Crippen LogP contribution in [0.25, 0.3) is 0 Å². The minimum Gasteiger partial charge on any atom is -0.329 e. The first-order chi connectivity index (χ1) is 15.5. The van der Waals surface area contributed by atoms with Gasteiger partial charge in [0, 0.05) is 29.4 Å². The summed E-state index contributed by atoms with van der Waals surface area (Å²) in [5.41, 5.74) is 5.08. The van der Waals surface area contributed by atoms with Crippen LogP contribution in [-0.4, -0.2) is 40.7 Å². The Balaban J connectivity index is 1.23. The summed E-state index contributed by atoms with van der Waals surface area (Å²) in [4.78, 5) is 29.6. The van der Waals surface area contributed by atoms with Gasteiger partial charge < -0.3 is 10.2 Å². The number of nitrogens with one attached hydrogen (secondary N) is 1. The normalized spacial score (nSPS) is 22.2. The largest absolute Gasteiger partial charge is 0.329 e. The molecular weight excluding hydrogens is 422 g/mol. The number of fused-ring (bicyclic) bond motifs is 1. The molecule has 0 radical (unpaired) electrons. The van der Waals surface area contributed by atoms with E-state index < -0.39 is 6.04 Å². The topological polar surface area (TPSA) is 52.7 Å². The molecule has 3 aliphatic heterocycles. The Morgan fingerprint density at radius 1 is 1.06 bits per heavy atom. The zero-order valence-corrected chi connectivity index (χ0v) is 18.9. The van der Waals surface area contributed by atoms with E-state index >= 15 is 0 Å². The second-order valence-corrected chi connectivity index (χ2v) is 9.61. The second-order valence-electron chi connectivity index (χ2n) is 9.18. The molecule has 0 spiro atoms. The van der Waals surface area contributed by atoms with Crippen molar-refractivity contribution in [3.63, 3.8) is 0 Å². The van der Waals surface area contributed by atoms with E-state index in [1.54, 1.807) is 4.90 Å². The SMILES string of the molecule is C=C1CCC(N2Cc3cc(C4CCN(Cc5cccc(Cl)c5)CC4)ccc3C2=O)C(=O)N1. The number of hydrogen-bond donors (Lipinski definition) is 1. The lowest BCUT2D eigenvalue weighted by Crippen LogP contribution is -2.49. The Bertz CT molecular complexity index is 1070. The van der Waals surface area contributed by atoms with Crippen molar-refractivity contribution in [2.75, 3.05) is 13.1 Å². The van der Waals surface area contributed by atoms with Gasteiger partial charge in [0.25, 0.3) is 5.91 Å². The fourth-order valence-corrected chi connectivity index (χ4v) is 5.46. The molecular formula is C26H28ClN3O2. The Labute approximate surface area is 194 Å². The molecule has 5 rings (SSSR count). The molecule has 2 saturated heterocycles. The van der Waals surface area contributed by atoms with E-state index in [1.165, 1.54) is 11.1 Å². The Hall–Kier alpha value is -2.63. The van der Waals surface area contributed by atoms with Gasteiger partial charge in [-0.05, 0) is 79.6 Å². The number of likely N-dealkylation sites (tertiary alicyclic amines) is 1. The highest BCUT2D eigenvalue weighted by Gasteiger charge is 2.38. The van der Waals surface area contributed by atoms with Crippen molar-refractivity contribution >= 4 is 23.4 Å². The average molecular weight is 450 g/mol. The van der Waals surface area contributed by atoms with Crippen molar-refractivity contribution in [2.24, 2.45) is 0 Å². The molecule has 2 aromatic carbocycles. The molecule has 0 saturated carbocycles. The maximum Gasteiger partial charge on any atom is 0.255 e. The number of halogens is 1. The Kier molecular flexibility index (Phi) is 5.78.